The van der Waals surface area contributed by atoms with Crippen LogP contribution in [0.4, 0.5) is 13.2 Å². The average Bonchev–Trinajstić information content (AvgIpc) is 2.59. The number of aromatic nitrogens is 2. The molecule has 1 atom stereocenters. The molecule has 1 amide bonds. The van der Waals surface area contributed by atoms with Gasteiger partial charge < -0.3 is 10.1 Å². The van der Waals surface area contributed by atoms with Gasteiger partial charge in [-0.3, -0.25) is 4.79 Å². The molecule has 11 heteroatoms. The van der Waals surface area contributed by atoms with Crippen molar-refractivity contribution in [1.29, 1.82) is 0 Å². The Bertz CT molecular complexity index is 977. The Morgan fingerprint density at radius 2 is 1.89 bits per heavy atom. The van der Waals surface area contributed by atoms with Crippen LogP contribution in [0.15, 0.2) is 48.0 Å². The highest BCUT2D eigenvalue weighted by molar-refractivity contribution is 7.93. The molecular formula is C17H16F3N3O4S. The summed E-state index contributed by atoms with van der Waals surface area (Å²) in [6.45, 7) is 1.49. The molecule has 1 heterocycles. The van der Waals surface area contributed by atoms with Gasteiger partial charge in [-0.05, 0) is 19.1 Å². The van der Waals surface area contributed by atoms with Crippen LogP contribution in [0, 0.1) is 0 Å². The van der Waals surface area contributed by atoms with E-state index >= 15 is 0 Å². The number of nitrogens with one attached hydrogen (secondary N) is 1. The van der Waals surface area contributed by atoms with E-state index in [0.717, 1.165) is 11.7 Å². The third-order valence-electron chi connectivity index (χ3n) is 3.18. The van der Waals surface area contributed by atoms with E-state index in [4.69, 9.17) is 4.74 Å². The predicted octanol–water partition coefficient (Wildman–Crippen LogP) is 2.96. The van der Waals surface area contributed by atoms with Crippen molar-refractivity contribution in [3.8, 4) is 11.6 Å². The number of ether oxygens (including phenoxy) is 1. The molecule has 0 radical (unpaired) electrons. The Kier molecular flexibility index (Phi) is 6.39. The average molecular weight is 415 g/mol. The molecule has 0 aliphatic carbocycles. The summed E-state index contributed by atoms with van der Waals surface area (Å²) in [6.07, 6.45) is -1.92. The van der Waals surface area contributed by atoms with Gasteiger partial charge in [0.15, 0.2) is 9.84 Å². The first-order valence-electron chi connectivity index (χ1n) is 7.82. The zero-order valence-corrected chi connectivity index (χ0v) is 15.6. The molecule has 150 valence electrons. The lowest BCUT2D eigenvalue weighted by Gasteiger charge is -2.14. The third-order valence-corrected chi connectivity index (χ3v) is 3.83. The van der Waals surface area contributed by atoms with E-state index in [-0.39, 0.29) is 11.3 Å². The SMILES string of the molecule is CC(/C=C/S(C)(=O)=O)NC(=O)c1cnc(C(F)(F)F)nc1Oc1ccccc1. The normalized spacial score (nSPS) is 13.3. The van der Waals surface area contributed by atoms with Crippen molar-refractivity contribution in [3.05, 3.63) is 59.4 Å². The fourth-order valence-electron chi connectivity index (χ4n) is 1.93. The van der Waals surface area contributed by atoms with Crippen molar-refractivity contribution in [3.63, 3.8) is 0 Å². The van der Waals surface area contributed by atoms with Crippen LogP contribution in [0.25, 0.3) is 0 Å². The Labute approximate surface area is 159 Å². The maximum atomic E-state index is 12.9. The summed E-state index contributed by atoms with van der Waals surface area (Å²) in [5.41, 5.74) is -0.337. The van der Waals surface area contributed by atoms with Crippen LogP contribution in [0.5, 0.6) is 11.6 Å². The van der Waals surface area contributed by atoms with Crippen molar-refractivity contribution in [2.75, 3.05) is 6.26 Å². The number of halogens is 3. The molecule has 0 spiro atoms. The summed E-state index contributed by atoms with van der Waals surface area (Å²) in [7, 11) is -3.40. The molecule has 0 saturated heterocycles. The van der Waals surface area contributed by atoms with Crippen molar-refractivity contribution in [2.24, 2.45) is 0 Å². The maximum Gasteiger partial charge on any atom is 0.451 e. The molecule has 2 rings (SSSR count). The standard InChI is InChI=1S/C17H16F3N3O4S/c1-11(8-9-28(2,25)26)22-14(24)13-10-21-16(17(18,19)20)23-15(13)27-12-6-4-3-5-7-12/h3-11H,1-2H3,(H,22,24)/b9-8+. The van der Waals surface area contributed by atoms with E-state index in [0.29, 0.717) is 6.20 Å². The van der Waals surface area contributed by atoms with Crippen molar-refractivity contribution < 1.29 is 31.1 Å². The monoisotopic (exact) mass is 415 g/mol. The predicted molar refractivity (Wildman–Crippen MR) is 94.5 cm³/mol. The lowest BCUT2D eigenvalue weighted by Crippen LogP contribution is -2.32. The van der Waals surface area contributed by atoms with Gasteiger partial charge in [0.25, 0.3) is 5.91 Å². The number of sulfone groups is 1. The number of carbonyl (C=O) groups is 1. The number of rotatable bonds is 6. The molecule has 0 fully saturated rings. The largest absolute Gasteiger partial charge is 0.451 e. The molecule has 1 aromatic carbocycles. The van der Waals surface area contributed by atoms with Gasteiger partial charge >= 0.3 is 6.18 Å². The molecule has 0 bridgehead atoms. The smallest absolute Gasteiger partial charge is 0.438 e. The van der Waals surface area contributed by atoms with Gasteiger partial charge in [0, 0.05) is 23.9 Å². The van der Waals surface area contributed by atoms with Crippen molar-refractivity contribution >= 4 is 15.7 Å². The van der Waals surface area contributed by atoms with Crippen LogP contribution in [0.2, 0.25) is 0 Å². The number of carbonyl (C=O) groups excluding carboxylic acids is 1. The van der Waals surface area contributed by atoms with Gasteiger partial charge in [-0.2, -0.15) is 18.2 Å². The Morgan fingerprint density at radius 3 is 2.46 bits per heavy atom. The van der Waals surface area contributed by atoms with Crippen LogP contribution in [-0.2, 0) is 16.0 Å². The Morgan fingerprint density at radius 1 is 1.25 bits per heavy atom. The first-order chi connectivity index (χ1) is 13.0. The minimum absolute atomic E-state index is 0.174. The molecule has 1 N–H and O–H groups in total. The summed E-state index contributed by atoms with van der Waals surface area (Å²) >= 11 is 0. The van der Waals surface area contributed by atoms with Gasteiger partial charge in [-0.15, -0.1) is 0 Å². The van der Waals surface area contributed by atoms with Gasteiger partial charge in [0.05, 0.1) is 0 Å². The summed E-state index contributed by atoms with van der Waals surface area (Å²) in [5.74, 6) is -2.69. The maximum absolute atomic E-state index is 12.9. The first kappa shape index (κ1) is 21.4. The zero-order chi connectivity index (χ0) is 20.9. The fourth-order valence-corrected chi connectivity index (χ4v) is 2.45. The second kappa shape index (κ2) is 8.38. The summed E-state index contributed by atoms with van der Waals surface area (Å²) in [6, 6.07) is 7.10. The van der Waals surface area contributed by atoms with Crippen LogP contribution in [0.1, 0.15) is 23.1 Å². The molecule has 0 aliphatic heterocycles. The Balaban J connectivity index is 2.33. The lowest BCUT2D eigenvalue weighted by molar-refractivity contribution is -0.145. The molecule has 2 aromatic rings. The molecule has 0 aliphatic rings. The van der Waals surface area contributed by atoms with Gasteiger partial charge in [0.1, 0.15) is 11.3 Å². The number of hydrogen-bond acceptors (Lipinski definition) is 6. The number of alkyl halides is 3. The molecule has 28 heavy (non-hydrogen) atoms. The second-order valence-corrected chi connectivity index (χ2v) is 7.68. The fraction of sp³-hybridized carbons (Fsp3) is 0.235. The van der Waals surface area contributed by atoms with Crippen LogP contribution in [-0.4, -0.2) is 36.6 Å². The van der Waals surface area contributed by atoms with E-state index in [9.17, 15) is 26.4 Å². The molecule has 7 nitrogen and oxygen atoms in total. The number of benzene rings is 1. The quantitative estimate of drug-likeness (QED) is 0.779. The lowest BCUT2D eigenvalue weighted by atomic mass is 10.2. The zero-order valence-electron chi connectivity index (χ0n) is 14.8. The molecule has 1 aromatic heterocycles. The summed E-state index contributed by atoms with van der Waals surface area (Å²) in [5, 5.41) is 3.33. The van der Waals surface area contributed by atoms with E-state index in [2.05, 4.69) is 15.3 Å². The number of amides is 1. The number of para-hydroxylation sites is 1. The van der Waals surface area contributed by atoms with Crippen molar-refractivity contribution in [2.45, 2.75) is 19.1 Å². The molecule has 1 unspecified atom stereocenters. The third kappa shape index (κ3) is 6.34. The summed E-state index contributed by atoms with van der Waals surface area (Å²) in [4.78, 5) is 18.9. The minimum Gasteiger partial charge on any atom is -0.438 e. The van der Waals surface area contributed by atoms with Gasteiger partial charge in [0.2, 0.25) is 11.7 Å². The van der Waals surface area contributed by atoms with Gasteiger partial charge in [-0.25, -0.2) is 13.4 Å². The number of nitrogens with zero attached hydrogens (tertiary/aromatic N) is 2. The van der Waals surface area contributed by atoms with E-state index in [1.54, 1.807) is 18.2 Å². The Hall–Kier alpha value is -2.95. The van der Waals surface area contributed by atoms with E-state index < -0.39 is 39.7 Å². The molecular weight excluding hydrogens is 399 g/mol. The number of hydrogen-bond donors (Lipinski definition) is 1. The van der Waals surface area contributed by atoms with Crippen molar-refractivity contribution in [1.82, 2.24) is 15.3 Å². The first-order valence-corrected chi connectivity index (χ1v) is 9.77. The summed E-state index contributed by atoms with van der Waals surface area (Å²) < 4.78 is 66.3. The highest BCUT2D eigenvalue weighted by atomic mass is 32.2. The topological polar surface area (TPSA) is 98.2 Å². The highest BCUT2D eigenvalue weighted by Gasteiger charge is 2.36. The highest BCUT2D eigenvalue weighted by Crippen LogP contribution is 2.30. The second-order valence-electron chi connectivity index (χ2n) is 5.75. The van der Waals surface area contributed by atoms with Crippen LogP contribution in [0.3, 0.4) is 0 Å². The van der Waals surface area contributed by atoms with E-state index in [1.807, 2.05) is 0 Å². The molecule has 0 saturated carbocycles. The minimum atomic E-state index is -4.82. The van der Waals surface area contributed by atoms with E-state index in [1.165, 1.54) is 25.1 Å². The van der Waals surface area contributed by atoms with Crippen LogP contribution < -0.4 is 10.1 Å². The van der Waals surface area contributed by atoms with Crippen LogP contribution >= 0.6 is 0 Å². The van der Waals surface area contributed by atoms with Gasteiger partial charge in [-0.1, -0.05) is 24.3 Å².